The summed E-state index contributed by atoms with van der Waals surface area (Å²) in [5.41, 5.74) is 2.16. The van der Waals surface area contributed by atoms with Crippen LogP contribution in [0.1, 0.15) is 37.7 Å². The van der Waals surface area contributed by atoms with Crippen LogP contribution in [0.15, 0.2) is 24.3 Å². The standard InChI is InChI=1S/C16H23N3O/c20-16(19-10-2-1-3-11-19)18-15-6-4-13(5-7-15)12-17-14-8-9-14/h4-7,14,17H,1-3,8-12H2,(H,18,20). The van der Waals surface area contributed by atoms with E-state index in [-0.39, 0.29) is 6.03 Å². The van der Waals surface area contributed by atoms with Crippen molar-refractivity contribution >= 4 is 11.7 Å². The molecule has 108 valence electrons. The van der Waals surface area contributed by atoms with Crippen molar-refractivity contribution in [2.45, 2.75) is 44.7 Å². The lowest BCUT2D eigenvalue weighted by molar-refractivity contribution is 0.200. The molecule has 1 aliphatic carbocycles. The van der Waals surface area contributed by atoms with Gasteiger partial charge in [-0.05, 0) is 49.8 Å². The zero-order valence-electron chi connectivity index (χ0n) is 11.9. The van der Waals surface area contributed by atoms with Crippen LogP contribution in [0.3, 0.4) is 0 Å². The molecule has 0 bridgehead atoms. The molecular weight excluding hydrogens is 250 g/mol. The maximum Gasteiger partial charge on any atom is 0.321 e. The van der Waals surface area contributed by atoms with Crippen molar-refractivity contribution in [2.24, 2.45) is 0 Å². The van der Waals surface area contributed by atoms with Gasteiger partial charge in [-0.3, -0.25) is 0 Å². The monoisotopic (exact) mass is 273 g/mol. The number of benzene rings is 1. The first-order valence-corrected chi connectivity index (χ1v) is 7.69. The second-order valence-corrected chi connectivity index (χ2v) is 5.83. The van der Waals surface area contributed by atoms with Crippen LogP contribution in [0.2, 0.25) is 0 Å². The first kappa shape index (κ1) is 13.4. The minimum atomic E-state index is 0.0357. The summed E-state index contributed by atoms with van der Waals surface area (Å²) >= 11 is 0. The molecular formula is C16H23N3O. The molecule has 2 aliphatic rings. The normalized spacial score (nSPS) is 18.9. The highest BCUT2D eigenvalue weighted by Crippen LogP contribution is 2.19. The molecule has 4 nitrogen and oxygen atoms in total. The second kappa shape index (κ2) is 6.27. The zero-order valence-corrected chi connectivity index (χ0v) is 11.9. The molecule has 1 heterocycles. The van der Waals surface area contributed by atoms with Crippen molar-refractivity contribution in [1.82, 2.24) is 10.2 Å². The van der Waals surface area contributed by atoms with Crippen molar-refractivity contribution in [1.29, 1.82) is 0 Å². The average molecular weight is 273 g/mol. The first-order valence-electron chi connectivity index (χ1n) is 7.69. The highest BCUT2D eigenvalue weighted by Gasteiger charge is 2.20. The summed E-state index contributed by atoms with van der Waals surface area (Å²) in [7, 11) is 0. The molecule has 4 heteroatoms. The number of anilines is 1. The summed E-state index contributed by atoms with van der Waals surface area (Å²) in [4.78, 5) is 14.0. The number of carbonyl (C=O) groups excluding carboxylic acids is 1. The molecule has 2 N–H and O–H groups in total. The molecule has 2 amide bonds. The predicted octanol–water partition coefficient (Wildman–Crippen LogP) is 2.96. The van der Waals surface area contributed by atoms with Crippen molar-refractivity contribution in [2.75, 3.05) is 18.4 Å². The Morgan fingerprint density at radius 2 is 1.80 bits per heavy atom. The van der Waals surface area contributed by atoms with Gasteiger partial charge in [0.1, 0.15) is 0 Å². The van der Waals surface area contributed by atoms with E-state index in [4.69, 9.17) is 0 Å². The van der Waals surface area contributed by atoms with E-state index in [1.54, 1.807) is 0 Å². The van der Waals surface area contributed by atoms with Gasteiger partial charge in [0.2, 0.25) is 0 Å². The number of rotatable bonds is 4. The van der Waals surface area contributed by atoms with E-state index < -0.39 is 0 Å². The third-order valence-corrected chi connectivity index (χ3v) is 4.02. The number of hydrogen-bond donors (Lipinski definition) is 2. The number of carbonyl (C=O) groups is 1. The van der Waals surface area contributed by atoms with Crippen LogP contribution in [0.5, 0.6) is 0 Å². The molecule has 0 radical (unpaired) electrons. The largest absolute Gasteiger partial charge is 0.325 e. The topological polar surface area (TPSA) is 44.4 Å². The summed E-state index contributed by atoms with van der Waals surface area (Å²) in [6.45, 7) is 2.69. The van der Waals surface area contributed by atoms with Gasteiger partial charge in [0, 0.05) is 31.4 Å². The number of piperidine rings is 1. The first-order chi connectivity index (χ1) is 9.81. The predicted molar refractivity (Wildman–Crippen MR) is 80.7 cm³/mol. The Morgan fingerprint density at radius 1 is 1.10 bits per heavy atom. The molecule has 2 fully saturated rings. The molecule has 1 aliphatic heterocycles. The minimum Gasteiger partial charge on any atom is -0.325 e. The van der Waals surface area contributed by atoms with E-state index in [1.165, 1.54) is 24.8 Å². The maximum atomic E-state index is 12.1. The van der Waals surface area contributed by atoms with Gasteiger partial charge in [-0.25, -0.2) is 4.79 Å². The summed E-state index contributed by atoms with van der Waals surface area (Å²) in [6, 6.07) is 8.92. The molecule has 1 aromatic rings. The molecule has 0 aromatic heterocycles. The van der Waals surface area contributed by atoms with Crippen molar-refractivity contribution in [3.8, 4) is 0 Å². The summed E-state index contributed by atoms with van der Waals surface area (Å²) in [5.74, 6) is 0. The van der Waals surface area contributed by atoms with Gasteiger partial charge in [-0.15, -0.1) is 0 Å². The van der Waals surface area contributed by atoms with Gasteiger partial charge >= 0.3 is 6.03 Å². The molecule has 3 rings (SSSR count). The van der Waals surface area contributed by atoms with Crippen molar-refractivity contribution < 1.29 is 4.79 Å². The maximum absolute atomic E-state index is 12.1. The fourth-order valence-corrected chi connectivity index (χ4v) is 2.56. The van der Waals surface area contributed by atoms with E-state index in [9.17, 15) is 4.79 Å². The number of hydrogen-bond acceptors (Lipinski definition) is 2. The summed E-state index contributed by atoms with van der Waals surface area (Å²) in [6.07, 6.45) is 6.11. The highest BCUT2D eigenvalue weighted by molar-refractivity contribution is 5.89. The van der Waals surface area contributed by atoms with Gasteiger partial charge in [0.15, 0.2) is 0 Å². The lowest BCUT2D eigenvalue weighted by atomic mass is 10.1. The third kappa shape index (κ3) is 3.73. The van der Waals surface area contributed by atoms with Crippen LogP contribution in [0.4, 0.5) is 10.5 Å². The Hall–Kier alpha value is -1.55. The average Bonchev–Trinajstić information content (AvgIpc) is 3.32. The van der Waals surface area contributed by atoms with Gasteiger partial charge in [0.25, 0.3) is 0 Å². The van der Waals surface area contributed by atoms with Gasteiger partial charge in [-0.1, -0.05) is 12.1 Å². The van der Waals surface area contributed by atoms with E-state index in [0.29, 0.717) is 0 Å². The molecule has 1 aromatic carbocycles. The van der Waals surface area contributed by atoms with Crippen LogP contribution in [0.25, 0.3) is 0 Å². The molecule has 1 saturated carbocycles. The van der Waals surface area contributed by atoms with Crippen LogP contribution < -0.4 is 10.6 Å². The quantitative estimate of drug-likeness (QED) is 0.886. The molecule has 0 atom stereocenters. The van der Waals surface area contributed by atoms with E-state index >= 15 is 0 Å². The summed E-state index contributed by atoms with van der Waals surface area (Å²) in [5, 5.41) is 6.47. The van der Waals surface area contributed by atoms with E-state index in [0.717, 1.165) is 44.2 Å². The molecule has 1 saturated heterocycles. The van der Waals surface area contributed by atoms with Crippen LogP contribution in [0, 0.1) is 0 Å². The Morgan fingerprint density at radius 3 is 2.45 bits per heavy atom. The van der Waals surface area contributed by atoms with Gasteiger partial charge in [0.05, 0.1) is 0 Å². The third-order valence-electron chi connectivity index (χ3n) is 4.02. The summed E-state index contributed by atoms with van der Waals surface area (Å²) < 4.78 is 0. The molecule has 0 unspecified atom stereocenters. The smallest absolute Gasteiger partial charge is 0.321 e. The van der Waals surface area contributed by atoms with E-state index in [1.807, 2.05) is 17.0 Å². The Labute approximate surface area is 120 Å². The molecule has 20 heavy (non-hydrogen) atoms. The number of amides is 2. The van der Waals surface area contributed by atoms with Crippen LogP contribution >= 0.6 is 0 Å². The number of nitrogens with one attached hydrogen (secondary N) is 2. The lowest BCUT2D eigenvalue weighted by Gasteiger charge is -2.26. The van der Waals surface area contributed by atoms with Crippen LogP contribution in [-0.2, 0) is 6.54 Å². The number of urea groups is 1. The van der Waals surface area contributed by atoms with Crippen molar-refractivity contribution in [3.63, 3.8) is 0 Å². The fraction of sp³-hybridized carbons (Fsp3) is 0.562. The van der Waals surface area contributed by atoms with Crippen molar-refractivity contribution in [3.05, 3.63) is 29.8 Å². The Kier molecular flexibility index (Phi) is 4.21. The molecule has 0 spiro atoms. The Balaban J connectivity index is 1.49. The van der Waals surface area contributed by atoms with Gasteiger partial charge < -0.3 is 15.5 Å². The lowest BCUT2D eigenvalue weighted by Crippen LogP contribution is -2.38. The second-order valence-electron chi connectivity index (χ2n) is 5.83. The van der Waals surface area contributed by atoms with Crippen LogP contribution in [-0.4, -0.2) is 30.1 Å². The fourth-order valence-electron chi connectivity index (χ4n) is 2.56. The highest BCUT2D eigenvalue weighted by atomic mass is 16.2. The number of nitrogens with zero attached hydrogens (tertiary/aromatic N) is 1. The number of likely N-dealkylation sites (tertiary alicyclic amines) is 1. The SMILES string of the molecule is O=C(Nc1ccc(CNC2CC2)cc1)N1CCCCC1. The van der Waals surface area contributed by atoms with E-state index in [2.05, 4.69) is 22.8 Å². The zero-order chi connectivity index (χ0) is 13.8. The van der Waals surface area contributed by atoms with Gasteiger partial charge in [-0.2, -0.15) is 0 Å². The minimum absolute atomic E-state index is 0.0357. The Bertz CT molecular complexity index is 447.